The molecular formula is C16H20BrN3O. The first-order valence-corrected chi connectivity index (χ1v) is 7.84. The van der Waals surface area contributed by atoms with E-state index in [1.54, 1.807) is 4.68 Å². The second kappa shape index (κ2) is 6.43. The van der Waals surface area contributed by atoms with Crippen molar-refractivity contribution in [1.82, 2.24) is 9.78 Å². The summed E-state index contributed by atoms with van der Waals surface area (Å²) in [7, 11) is 1.82. The number of aryl methyl sites for hydroxylation is 1. The van der Waals surface area contributed by atoms with Crippen LogP contribution in [0.15, 0.2) is 28.7 Å². The number of anilines is 1. The van der Waals surface area contributed by atoms with E-state index in [4.69, 9.17) is 0 Å². The van der Waals surface area contributed by atoms with Gasteiger partial charge in [-0.1, -0.05) is 32.0 Å². The van der Waals surface area contributed by atoms with Gasteiger partial charge < -0.3 is 5.32 Å². The first-order valence-electron chi connectivity index (χ1n) is 7.05. The average molecular weight is 350 g/mol. The van der Waals surface area contributed by atoms with Crippen LogP contribution < -0.4 is 5.32 Å². The fourth-order valence-corrected chi connectivity index (χ4v) is 2.69. The fourth-order valence-electron chi connectivity index (χ4n) is 2.17. The minimum Gasteiger partial charge on any atom is -0.320 e. The summed E-state index contributed by atoms with van der Waals surface area (Å²) >= 11 is 3.43. The second-order valence-corrected chi connectivity index (χ2v) is 6.02. The Morgan fingerprint density at radius 1 is 1.43 bits per heavy atom. The highest BCUT2D eigenvalue weighted by Gasteiger charge is 2.19. The van der Waals surface area contributed by atoms with Gasteiger partial charge in [-0.2, -0.15) is 5.10 Å². The number of rotatable bonds is 4. The number of nitrogens with one attached hydrogen (secondary N) is 1. The molecule has 5 heteroatoms. The summed E-state index contributed by atoms with van der Waals surface area (Å²) in [4.78, 5) is 12.4. The van der Waals surface area contributed by atoms with Gasteiger partial charge in [0.1, 0.15) is 0 Å². The summed E-state index contributed by atoms with van der Waals surface area (Å²) in [5, 5.41) is 7.24. The fraction of sp³-hybridized carbons (Fsp3) is 0.375. The average Bonchev–Trinajstić information content (AvgIpc) is 2.74. The molecule has 0 saturated carbocycles. The van der Waals surface area contributed by atoms with Gasteiger partial charge in [-0.3, -0.25) is 9.48 Å². The topological polar surface area (TPSA) is 46.9 Å². The van der Waals surface area contributed by atoms with Crippen molar-refractivity contribution in [1.29, 1.82) is 0 Å². The van der Waals surface area contributed by atoms with Crippen LogP contribution in [0.5, 0.6) is 0 Å². The van der Waals surface area contributed by atoms with Crippen LogP contribution in [0.1, 0.15) is 47.9 Å². The Morgan fingerprint density at radius 3 is 2.67 bits per heavy atom. The van der Waals surface area contributed by atoms with Crippen LogP contribution in [-0.2, 0) is 7.05 Å². The Labute approximate surface area is 133 Å². The monoisotopic (exact) mass is 349 g/mol. The van der Waals surface area contributed by atoms with E-state index in [0.717, 1.165) is 27.8 Å². The first kappa shape index (κ1) is 15.8. The third kappa shape index (κ3) is 3.18. The minimum atomic E-state index is -0.193. The third-order valence-electron chi connectivity index (χ3n) is 3.83. The smallest absolute Gasteiger partial charge is 0.277 e. The molecular weight excluding hydrogens is 330 g/mol. The highest BCUT2D eigenvalue weighted by Crippen LogP contribution is 2.28. The number of nitrogens with zero attached hydrogens (tertiary/aromatic N) is 2. The lowest BCUT2D eigenvalue weighted by Crippen LogP contribution is -2.15. The lowest BCUT2D eigenvalue weighted by molar-refractivity contribution is 0.102. The van der Waals surface area contributed by atoms with E-state index in [-0.39, 0.29) is 5.91 Å². The standard InChI is InChI=1S/C16H20BrN3O/c1-5-10(2)12-8-6-7-9-13(12)18-16(21)15-14(17)11(3)20(4)19-15/h6-10H,5H2,1-4H3,(H,18,21). The Morgan fingerprint density at radius 2 is 2.10 bits per heavy atom. The lowest BCUT2D eigenvalue weighted by Gasteiger charge is -2.15. The number of hydrogen-bond donors (Lipinski definition) is 1. The molecule has 0 spiro atoms. The van der Waals surface area contributed by atoms with E-state index in [0.29, 0.717) is 11.6 Å². The van der Waals surface area contributed by atoms with E-state index in [9.17, 15) is 4.79 Å². The summed E-state index contributed by atoms with van der Waals surface area (Å²) < 4.78 is 2.43. The molecule has 1 atom stereocenters. The van der Waals surface area contributed by atoms with Gasteiger partial charge in [0.2, 0.25) is 0 Å². The molecule has 1 heterocycles. The first-order chi connectivity index (χ1) is 9.95. The third-order valence-corrected chi connectivity index (χ3v) is 4.78. The number of carbonyl (C=O) groups is 1. The van der Waals surface area contributed by atoms with Crippen molar-refractivity contribution in [2.24, 2.45) is 7.05 Å². The Bertz CT molecular complexity index is 664. The highest BCUT2D eigenvalue weighted by atomic mass is 79.9. The van der Waals surface area contributed by atoms with E-state index in [2.05, 4.69) is 46.3 Å². The zero-order valence-corrected chi connectivity index (χ0v) is 14.4. The molecule has 0 aliphatic carbocycles. The number of amides is 1. The number of aromatic nitrogens is 2. The molecule has 112 valence electrons. The van der Waals surface area contributed by atoms with Gasteiger partial charge in [0, 0.05) is 12.7 Å². The quantitative estimate of drug-likeness (QED) is 0.896. The summed E-state index contributed by atoms with van der Waals surface area (Å²) in [6, 6.07) is 7.92. The lowest BCUT2D eigenvalue weighted by atomic mass is 9.97. The summed E-state index contributed by atoms with van der Waals surface area (Å²) in [6.07, 6.45) is 1.03. The molecule has 0 aliphatic rings. The molecule has 1 aromatic heterocycles. The van der Waals surface area contributed by atoms with Crippen LogP contribution in [0.2, 0.25) is 0 Å². The zero-order chi connectivity index (χ0) is 15.6. The predicted molar refractivity (Wildman–Crippen MR) is 88.7 cm³/mol. The van der Waals surface area contributed by atoms with Crippen molar-refractivity contribution in [3.05, 3.63) is 45.7 Å². The van der Waals surface area contributed by atoms with Gasteiger partial charge in [0.15, 0.2) is 5.69 Å². The van der Waals surface area contributed by atoms with Crippen LogP contribution in [0.3, 0.4) is 0 Å². The van der Waals surface area contributed by atoms with Gasteiger partial charge >= 0.3 is 0 Å². The molecule has 4 nitrogen and oxygen atoms in total. The van der Waals surface area contributed by atoms with Gasteiger partial charge in [-0.15, -0.1) is 0 Å². The van der Waals surface area contributed by atoms with Crippen LogP contribution in [0.4, 0.5) is 5.69 Å². The SMILES string of the molecule is CCC(C)c1ccccc1NC(=O)c1nn(C)c(C)c1Br. The maximum Gasteiger partial charge on any atom is 0.277 e. The van der Waals surface area contributed by atoms with Crippen molar-refractivity contribution in [3.63, 3.8) is 0 Å². The summed E-state index contributed by atoms with van der Waals surface area (Å²) in [5.41, 5.74) is 3.34. The van der Waals surface area contributed by atoms with Crippen molar-refractivity contribution in [2.45, 2.75) is 33.1 Å². The van der Waals surface area contributed by atoms with Crippen LogP contribution >= 0.6 is 15.9 Å². The second-order valence-electron chi connectivity index (χ2n) is 5.22. The number of hydrogen-bond acceptors (Lipinski definition) is 2. The molecule has 0 aliphatic heterocycles. The molecule has 0 bridgehead atoms. The summed E-state index contributed by atoms with van der Waals surface area (Å²) in [5.74, 6) is 0.205. The van der Waals surface area contributed by atoms with Crippen molar-refractivity contribution in [2.75, 3.05) is 5.32 Å². The zero-order valence-electron chi connectivity index (χ0n) is 12.8. The molecule has 2 aromatic rings. The molecule has 1 N–H and O–H groups in total. The molecule has 0 saturated heterocycles. The van der Waals surface area contributed by atoms with E-state index in [1.807, 2.05) is 32.2 Å². The Balaban J connectivity index is 2.30. The van der Waals surface area contributed by atoms with Gasteiger partial charge in [-0.25, -0.2) is 0 Å². The normalized spacial score (nSPS) is 12.2. The maximum absolute atomic E-state index is 12.4. The molecule has 0 fully saturated rings. The molecule has 1 aromatic carbocycles. The van der Waals surface area contributed by atoms with Crippen LogP contribution in [-0.4, -0.2) is 15.7 Å². The Hall–Kier alpha value is -1.62. The molecule has 1 amide bonds. The number of benzene rings is 1. The highest BCUT2D eigenvalue weighted by molar-refractivity contribution is 9.10. The van der Waals surface area contributed by atoms with Crippen molar-refractivity contribution in [3.8, 4) is 0 Å². The molecule has 1 unspecified atom stereocenters. The van der Waals surface area contributed by atoms with Crippen LogP contribution in [0, 0.1) is 6.92 Å². The van der Waals surface area contributed by atoms with Crippen LogP contribution in [0.25, 0.3) is 0 Å². The largest absolute Gasteiger partial charge is 0.320 e. The minimum absolute atomic E-state index is 0.193. The number of para-hydroxylation sites is 1. The maximum atomic E-state index is 12.4. The summed E-state index contributed by atoms with van der Waals surface area (Å²) in [6.45, 7) is 6.22. The number of carbonyl (C=O) groups excluding carboxylic acids is 1. The van der Waals surface area contributed by atoms with E-state index < -0.39 is 0 Å². The van der Waals surface area contributed by atoms with E-state index in [1.165, 1.54) is 0 Å². The molecule has 0 radical (unpaired) electrons. The molecule has 2 rings (SSSR count). The number of halogens is 1. The Kier molecular flexibility index (Phi) is 4.83. The van der Waals surface area contributed by atoms with Gasteiger partial charge in [0.25, 0.3) is 5.91 Å². The van der Waals surface area contributed by atoms with E-state index >= 15 is 0 Å². The van der Waals surface area contributed by atoms with Crippen molar-refractivity contribution >= 4 is 27.5 Å². The van der Waals surface area contributed by atoms with Gasteiger partial charge in [-0.05, 0) is 46.8 Å². The van der Waals surface area contributed by atoms with Gasteiger partial charge in [0.05, 0.1) is 10.2 Å². The van der Waals surface area contributed by atoms with Crippen molar-refractivity contribution < 1.29 is 4.79 Å². The predicted octanol–water partition coefficient (Wildman–Crippen LogP) is 4.26. The molecule has 21 heavy (non-hydrogen) atoms.